The molecule has 0 aliphatic heterocycles. The maximum atomic E-state index is 12.6. The minimum atomic E-state index is -4.30. The first kappa shape index (κ1) is 12.4. The van der Waals surface area contributed by atoms with Gasteiger partial charge in [0.25, 0.3) is 0 Å². The van der Waals surface area contributed by atoms with Crippen LogP contribution in [0.3, 0.4) is 0 Å². The molecule has 4 heteroatoms. The molecular weight excluding hydrogens is 340 g/mol. The van der Waals surface area contributed by atoms with Crippen molar-refractivity contribution in [2.45, 2.75) is 6.18 Å². The van der Waals surface area contributed by atoms with Gasteiger partial charge in [-0.25, -0.2) is 0 Å². The van der Waals surface area contributed by atoms with Crippen LogP contribution in [0.2, 0.25) is 0 Å². The van der Waals surface area contributed by atoms with Gasteiger partial charge in [0.2, 0.25) is 0 Å². The quantitative estimate of drug-likeness (QED) is 0.638. The third-order valence-corrected chi connectivity index (χ3v) is 3.32. The van der Waals surface area contributed by atoms with Crippen LogP contribution >= 0.6 is 22.6 Å². The molecule has 0 nitrogen and oxygen atoms in total. The summed E-state index contributed by atoms with van der Waals surface area (Å²) in [5, 5.41) is 0. The second-order valence-corrected chi connectivity index (χ2v) is 4.72. The molecule has 0 radical (unpaired) electrons. The summed E-state index contributed by atoms with van der Waals surface area (Å²) in [7, 11) is 0. The van der Waals surface area contributed by atoms with Crippen molar-refractivity contribution >= 4 is 22.6 Å². The Morgan fingerprint density at radius 1 is 0.882 bits per heavy atom. The molecule has 2 aromatic carbocycles. The SMILES string of the molecule is FC(F)(F)c1cccc(-c2ccccc2I)c1. The van der Waals surface area contributed by atoms with Gasteiger partial charge < -0.3 is 0 Å². The molecule has 2 rings (SSSR count). The van der Waals surface area contributed by atoms with E-state index in [1.165, 1.54) is 12.1 Å². The largest absolute Gasteiger partial charge is 0.416 e. The summed E-state index contributed by atoms with van der Waals surface area (Å²) in [5.74, 6) is 0. The van der Waals surface area contributed by atoms with Gasteiger partial charge in [-0.15, -0.1) is 0 Å². The second kappa shape index (κ2) is 4.68. The highest BCUT2D eigenvalue weighted by atomic mass is 127. The fourth-order valence-electron chi connectivity index (χ4n) is 1.56. The van der Waals surface area contributed by atoms with Gasteiger partial charge in [0.15, 0.2) is 0 Å². The lowest BCUT2D eigenvalue weighted by atomic mass is 10.0. The van der Waals surface area contributed by atoms with Crippen LogP contribution in [0.4, 0.5) is 13.2 Å². The van der Waals surface area contributed by atoms with E-state index in [9.17, 15) is 13.2 Å². The fourth-order valence-corrected chi connectivity index (χ4v) is 2.26. The van der Waals surface area contributed by atoms with Crippen molar-refractivity contribution in [1.82, 2.24) is 0 Å². The van der Waals surface area contributed by atoms with E-state index in [0.29, 0.717) is 5.56 Å². The molecule has 0 aliphatic carbocycles. The number of benzene rings is 2. The average Bonchev–Trinajstić information content (AvgIpc) is 2.29. The van der Waals surface area contributed by atoms with Crippen molar-refractivity contribution in [3.05, 3.63) is 57.7 Å². The molecule has 0 spiro atoms. The summed E-state index contributed by atoms with van der Waals surface area (Å²) in [6.07, 6.45) is -4.30. The van der Waals surface area contributed by atoms with Crippen LogP contribution in [-0.4, -0.2) is 0 Å². The molecule has 2 aromatic rings. The molecule has 0 heterocycles. The molecule has 0 aliphatic rings. The Balaban J connectivity index is 2.51. The maximum absolute atomic E-state index is 12.6. The molecule has 0 bridgehead atoms. The van der Waals surface area contributed by atoms with Gasteiger partial charge in [-0.3, -0.25) is 0 Å². The molecule has 17 heavy (non-hydrogen) atoms. The minimum Gasteiger partial charge on any atom is -0.166 e. The molecule has 0 N–H and O–H groups in total. The number of alkyl halides is 3. The molecule has 0 atom stereocenters. The molecular formula is C13H8F3I. The Kier molecular flexibility index (Phi) is 3.42. The van der Waals surface area contributed by atoms with Crippen LogP contribution in [0.15, 0.2) is 48.5 Å². The van der Waals surface area contributed by atoms with E-state index in [2.05, 4.69) is 22.6 Å². The van der Waals surface area contributed by atoms with E-state index in [-0.39, 0.29) is 0 Å². The second-order valence-electron chi connectivity index (χ2n) is 3.56. The summed E-state index contributed by atoms with van der Waals surface area (Å²) in [5.41, 5.74) is 0.790. The zero-order valence-electron chi connectivity index (χ0n) is 8.63. The first-order valence-corrected chi connectivity index (χ1v) is 5.98. The standard InChI is InChI=1S/C13H8F3I/c14-13(15,16)10-5-3-4-9(8-10)11-6-1-2-7-12(11)17/h1-8H. The Morgan fingerprint density at radius 2 is 1.59 bits per heavy atom. The Morgan fingerprint density at radius 3 is 2.24 bits per heavy atom. The number of hydrogen-bond acceptors (Lipinski definition) is 0. The number of hydrogen-bond donors (Lipinski definition) is 0. The van der Waals surface area contributed by atoms with Crippen LogP contribution in [0.1, 0.15) is 5.56 Å². The van der Waals surface area contributed by atoms with E-state index in [1.54, 1.807) is 6.07 Å². The summed E-state index contributed by atoms with van der Waals surface area (Å²) < 4.78 is 38.7. The smallest absolute Gasteiger partial charge is 0.166 e. The lowest BCUT2D eigenvalue weighted by Crippen LogP contribution is -2.04. The van der Waals surface area contributed by atoms with Gasteiger partial charge in [-0.2, -0.15) is 13.2 Å². The van der Waals surface area contributed by atoms with Crippen LogP contribution < -0.4 is 0 Å². The monoisotopic (exact) mass is 348 g/mol. The van der Waals surface area contributed by atoms with Crippen molar-refractivity contribution in [2.24, 2.45) is 0 Å². The molecule has 0 saturated heterocycles. The normalized spacial score (nSPS) is 11.5. The maximum Gasteiger partial charge on any atom is 0.416 e. The van der Waals surface area contributed by atoms with Crippen LogP contribution in [0, 0.1) is 3.57 Å². The minimum absolute atomic E-state index is 0.588. The highest BCUT2D eigenvalue weighted by Gasteiger charge is 2.30. The highest BCUT2D eigenvalue weighted by molar-refractivity contribution is 14.1. The van der Waals surface area contributed by atoms with E-state index in [1.807, 2.05) is 24.3 Å². The molecule has 0 saturated carbocycles. The van der Waals surface area contributed by atoms with Crippen molar-refractivity contribution in [3.8, 4) is 11.1 Å². The summed E-state index contributed by atoms with van der Waals surface area (Å²) in [4.78, 5) is 0. The van der Waals surface area contributed by atoms with E-state index < -0.39 is 11.7 Å². The summed E-state index contributed by atoms with van der Waals surface area (Å²) >= 11 is 2.12. The van der Waals surface area contributed by atoms with Gasteiger partial charge in [0.05, 0.1) is 5.56 Å². The third kappa shape index (κ3) is 2.80. The number of rotatable bonds is 1. The average molecular weight is 348 g/mol. The van der Waals surface area contributed by atoms with Gasteiger partial charge in [0.1, 0.15) is 0 Å². The fraction of sp³-hybridized carbons (Fsp3) is 0.0769. The summed E-state index contributed by atoms with van der Waals surface area (Å²) in [6.45, 7) is 0. The highest BCUT2D eigenvalue weighted by Crippen LogP contribution is 2.33. The Hall–Kier alpha value is -1.04. The topological polar surface area (TPSA) is 0 Å². The molecule has 0 fully saturated rings. The Bertz CT molecular complexity index is 532. The predicted octanol–water partition coefficient (Wildman–Crippen LogP) is 4.98. The van der Waals surface area contributed by atoms with Crippen molar-refractivity contribution in [1.29, 1.82) is 0 Å². The van der Waals surface area contributed by atoms with E-state index in [4.69, 9.17) is 0 Å². The van der Waals surface area contributed by atoms with Crippen LogP contribution in [0.25, 0.3) is 11.1 Å². The van der Waals surface area contributed by atoms with Crippen molar-refractivity contribution < 1.29 is 13.2 Å². The molecule has 0 amide bonds. The van der Waals surface area contributed by atoms with Gasteiger partial charge in [0, 0.05) is 3.57 Å². The predicted molar refractivity (Wildman–Crippen MR) is 69.6 cm³/mol. The van der Waals surface area contributed by atoms with Crippen molar-refractivity contribution in [2.75, 3.05) is 0 Å². The van der Waals surface area contributed by atoms with Crippen molar-refractivity contribution in [3.63, 3.8) is 0 Å². The lowest BCUT2D eigenvalue weighted by molar-refractivity contribution is -0.137. The zero-order chi connectivity index (χ0) is 12.5. The van der Waals surface area contributed by atoms with Crippen LogP contribution in [0.5, 0.6) is 0 Å². The molecule has 0 unspecified atom stereocenters. The first-order chi connectivity index (χ1) is 7.98. The van der Waals surface area contributed by atoms with Gasteiger partial charge in [-0.05, 0) is 51.9 Å². The third-order valence-electron chi connectivity index (χ3n) is 2.37. The number of halogens is 4. The zero-order valence-corrected chi connectivity index (χ0v) is 10.8. The van der Waals surface area contributed by atoms with Gasteiger partial charge >= 0.3 is 6.18 Å². The molecule has 0 aromatic heterocycles. The van der Waals surface area contributed by atoms with Crippen LogP contribution in [-0.2, 0) is 6.18 Å². The Labute approximate surface area is 111 Å². The van der Waals surface area contributed by atoms with E-state index in [0.717, 1.165) is 15.2 Å². The van der Waals surface area contributed by atoms with Gasteiger partial charge in [-0.1, -0.05) is 30.3 Å². The summed E-state index contributed by atoms with van der Waals surface area (Å²) in [6, 6.07) is 12.7. The first-order valence-electron chi connectivity index (χ1n) is 4.90. The molecule has 88 valence electrons. The lowest BCUT2D eigenvalue weighted by Gasteiger charge is -2.09. The van der Waals surface area contributed by atoms with E-state index >= 15 is 0 Å².